The first kappa shape index (κ1) is 23.2. The summed E-state index contributed by atoms with van der Waals surface area (Å²) in [4.78, 5) is -0.0200. The SMILES string of the molecule is Cl.N/N=C\c1ccc(CCOc2cccc(NS(=O)(=O)c3ccc(F)cc3)c2)cc1. The molecule has 30 heavy (non-hydrogen) atoms. The number of hydrazone groups is 1. The molecular formula is C21H21ClFN3O3S. The summed E-state index contributed by atoms with van der Waals surface area (Å²) in [6, 6.07) is 19.0. The molecule has 3 aromatic rings. The van der Waals surface area contributed by atoms with Crippen molar-refractivity contribution in [2.45, 2.75) is 11.3 Å². The summed E-state index contributed by atoms with van der Waals surface area (Å²) < 4.78 is 46.0. The van der Waals surface area contributed by atoms with Crippen molar-refractivity contribution >= 4 is 34.3 Å². The summed E-state index contributed by atoms with van der Waals surface area (Å²) in [5.74, 6) is 5.16. The van der Waals surface area contributed by atoms with Crippen LogP contribution >= 0.6 is 12.4 Å². The molecule has 0 aliphatic carbocycles. The van der Waals surface area contributed by atoms with Crippen LogP contribution in [0.15, 0.2) is 82.8 Å². The van der Waals surface area contributed by atoms with Crippen molar-refractivity contribution in [3.63, 3.8) is 0 Å². The molecule has 3 N–H and O–H groups in total. The van der Waals surface area contributed by atoms with Gasteiger partial charge in [0.15, 0.2) is 0 Å². The van der Waals surface area contributed by atoms with Crippen molar-refractivity contribution < 1.29 is 17.5 Å². The minimum Gasteiger partial charge on any atom is -0.493 e. The van der Waals surface area contributed by atoms with Crippen LogP contribution in [-0.4, -0.2) is 21.2 Å². The van der Waals surface area contributed by atoms with E-state index in [1.807, 2.05) is 24.3 Å². The standard InChI is InChI=1S/C21H20FN3O3S.ClH/c22-18-8-10-21(11-9-18)29(26,27)25-19-2-1-3-20(14-19)28-13-12-16-4-6-17(7-5-16)15-24-23;/h1-11,14-15,25H,12-13,23H2;1H/b24-15-;. The normalized spacial score (nSPS) is 11.1. The average molecular weight is 450 g/mol. The van der Waals surface area contributed by atoms with Crippen LogP contribution in [0, 0.1) is 5.82 Å². The molecule has 0 aromatic heterocycles. The predicted octanol–water partition coefficient (Wildman–Crippen LogP) is 3.96. The van der Waals surface area contributed by atoms with Crippen molar-refractivity contribution in [3.05, 3.63) is 89.7 Å². The van der Waals surface area contributed by atoms with Gasteiger partial charge in [0.05, 0.1) is 23.4 Å². The van der Waals surface area contributed by atoms with Crippen molar-refractivity contribution in [3.8, 4) is 5.75 Å². The number of sulfonamides is 1. The highest BCUT2D eigenvalue weighted by Gasteiger charge is 2.14. The Morgan fingerprint density at radius 3 is 2.40 bits per heavy atom. The maximum Gasteiger partial charge on any atom is 0.261 e. The fourth-order valence-corrected chi connectivity index (χ4v) is 3.67. The molecule has 0 spiro atoms. The second-order valence-corrected chi connectivity index (χ2v) is 7.89. The zero-order chi connectivity index (χ0) is 20.7. The van der Waals surface area contributed by atoms with Gasteiger partial charge in [0.25, 0.3) is 10.0 Å². The average Bonchev–Trinajstić information content (AvgIpc) is 2.70. The van der Waals surface area contributed by atoms with Gasteiger partial charge in [0.2, 0.25) is 0 Å². The summed E-state index contributed by atoms with van der Waals surface area (Å²) in [6.07, 6.45) is 2.25. The summed E-state index contributed by atoms with van der Waals surface area (Å²) in [5, 5.41) is 3.48. The quantitative estimate of drug-likeness (QED) is 0.309. The molecule has 3 rings (SSSR count). The van der Waals surface area contributed by atoms with E-state index in [0.29, 0.717) is 24.5 Å². The second kappa shape index (κ2) is 10.6. The van der Waals surface area contributed by atoms with Crippen LogP contribution < -0.4 is 15.3 Å². The van der Waals surface area contributed by atoms with Crippen molar-refractivity contribution in [2.75, 3.05) is 11.3 Å². The van der Waals surface area contributed by atoms with Gasteiger partial charge in [-0.05, 0) is 47.5 Å². The number of nitrogens with one attached hydrogen (secondary N) is 1. The summed E-state index contributed by atoms with van der Waals surface area (Å²) in [5.41, 5.74) is 2.36. The van der Waals surface area contributed by atoms with Gasteiger partial charge in [-0.1, -0.05) is 30.3 Å². The Kier molecular flexibility index (Phi) is 8.20. The third kappa shape index (κ3) is 6.47. The third-order valence-electron chi connectivity index (χ3n) is 4.07. The van der Waals surface area contributed by atoms with E-state index in [0.717, 1.165) is 23.3 Å². The number of anilines is 1. The molecule has 0 saturated heterocycles. The second-order valence-electron chi connectivity index (χ2n) is 6.21. The molecule has 0 bridgehead atoms. The molecular weight excluding hydrogens is 429 g/mol. The zero-order valence-corrected chi connectivity index (χ0v) is 17.5. The molecule has 0 unspecified atom stereocenters. The van der Waals surface area contributed by atoms with Crippen LogP contribution in [0.1, 0.15) is 11.1 Å². The number of nitrogens with two attached hydrogens (primary N) is 1. The first-order valence-electron chi connectivity index (χ1n) is 8.80. The van der Waals surface area contributed by atoms with E-state index in [1.165, 1.54) is 12.1 Å². The first-order valence-corrected chi connectivity index (χ1v) is 10.3. The lowest BCUT2D eigenvalue weighted by molar-refractivity contribution is 0.322. The highest BCUT2D eigenvalue weighted by molar-refractivity contribution is 7.92. The fraction of sp³-hybridized carbons (Fsp3) is 0.0952. The van der Waals surface area contributed by atoms with Crippen LogP contribution in [0.5, 0.6) is 5.75 Å². The lowest BCUT2D eigenvalue weighted by Crippen LogP contribution is -2.13. The van der Waals surface area contributed by atoms with E-state index in [2.05, 4.69) is 9.82 Å². The molecule has 0 aliphatic rings. The van der Waals surface area contributed by atoms with Gasteiger partial charge >= 0.3 is 0 Å². The summed E-state index contributed by atoms with van der Waals surface area (Å²) in [6.45, 7) is 0.429. The molecule has 0 radical (unpaired) electrons. The molecule has 3 aromatic carbocycles. The number of halogens is 2. The molecule has 0 atom stereocenters. The minimum absolute atomic E-state index is 0. The monoisotopic (exact) mass is 449 g/mol. The topological polar surface area (TPSA) is 93.8 Å². The Bertz CT molecular complexity index is 1090. The molecule has 158 valence electrons. The largest absolute Gasteiger partial charge is 0.493 e. The Balaban J connectivity index is 0.00000320. The predicted molar refractivity (Wildman–Crippen MR) is 118 cm³/mol. The Morgan fingerprint density at radius 1 is 1.03 bits per heavy atom. The Labute approximate surface area is 181 Å². The lowest BCUT2D eigenvalue weighted by atomic mass is 10.1. The van der Waals surface area contributed by atoms with Gasteiger partial charge in [-0.2, -0.15) is 5.10 Å². The highest BCUT2D eigenvalue weighted by atomic mass is 35.5. The fourth-order valence-electron chi connectivity index (χ4n) is 2.62. The first-order chi connectivity index (χ1) is 14.0. The van der Waals surface area contributed by atoms with Gasteiger partial charge < -0.3 is 10.6 Å². The number of nitrogens with zero attached hydrogens (tertiary/aromatic N) is 1. The number of benzene rings is 3. The molecule has 6 nitrogen and oxygen atoms in total. The maximum absolute atomic E-state index is 13.0. The van der Waals surface area contributed by atoms with Gasteiger partial charge in [-0.3, -0.25) is 4.72 Å². The van der Waals surface area contributed by atoms with E-state index in [-0.39, 0.29) is 17.3 Å². The van der Waals surface area contributed by atoms with E-state index in [9.17, 15) is 12.8 Å². The maximum atomic E-state index is 13.0. The molecule has 9 heteroatoms. The molecule has 0 aliphatic heterocycles. The van der Waals surface area contributed by atoms with Gasteiger partial charge in [0, 0.05) is 12.5 Å². The Hall–Kier alpha value is -3.10. The van der Waals surface area contributed by atoms with E-state index >= 15 is 0 Å². The minimum atomic E-state index is -3.81. The van der Waals surface area contributed by atoms with Crippen LogP contribution in [0.3, 0.4) is 0 Å². The zero-order valence-electron chi connectivity index (χ0n) is 15.9. The van der Waals surface area contributed by atoms with E-state index in [1.54, 1.807) is 30.5 Å². The number of rotatable bonds is 8. The highest BCUT2D eigenvalue weighted by Crippen LogP contribution is 2.21. The van der Waals surface area contributed by atoms with Crippen LogP contribution in [0.25, 0.3) is 0 Å². The Morgan fingerprint density at radius 2 is 1.73 bits per heavy atom. The van der Waals surface area contributed by atoms with Crippen molar-refractivity contribution in [2.24, 2.45) is 10.9 Å². The molecule has 0 saturated carbocycles. The van der Waals surface area contributed by atoms with E-state index < -0.39 is 15.8 Å². The number of ether oxygens (including phenoxy) is 1. The van der Waals surface area contributed by atoms with Crippen LogP contribution in [0.4, 0.5) is 10.1 Å². The number of hydrogen-bond donors (Lipinski definition) is 2. The van der Waals surface area contributed by atoms with Crippen molar-refractivity contribution in [1.29, 1.82) is 0 Å². The summed E-state index contributed by atoms with van der Waals surface area (Å²) in [7, 11) is -3.81. The molecule has 0 amide bonds. The van der Waals surface area contributed by atoms with Gasteiger partial charge in [0.1, 0.15) is 11.6 Å². The van der Waals surface area contributed by atoms with Gasteiger partial charge in [-0.25, -0.2) is 12.8 Å². The van der Waals surface area contributed by atoms with Gasteiger partial charge in [-0.15, -0.1) is 12.4 Å². The number of hydrogen-bond acceptors (Lipinski definition) is 5. The smallest absolute Gasteiger partial charge is 0.261 e. The molecule has 0 fully saturated rings. The van der Waals surface area contributed by atoms with Crippen molar-refractivity contribution in [1.82, 2.24) is 0 Å². The van der Waals surface area contributed by atoms with Crippen LogP contribution in [-0.2, 0) is 16.4 Å². The van der Waals surface area contributed by atoms with E-state index in [4.69, 9.17) is 10.6 Å². The summed E-state index contributed by atoms with van der Waals surface area (Å²) >= 11 is 0. The van der Waals surface area contributed by atoms with Crippen LogP contribution in [0.2, 0.25) is 0 Å². The lowest BCUT2D eigenvalue weighted by Gasteiger charge is -2.11. The molecule has 0 heterocycles. The third-order valence-corrected chi connectivity index (χ3v) is 5.47.